The number of methoxy groups -OCH3 is 2. The zero-order valence-corrected chi connectivity index (χ0v) is 22.4. The average molecular weight is 527 g/mol. The lowest BCUT2D eigenvalue weighted by Gasteiger charge is -2.37. The summed E-state index contributed by atoms with van der Waals surface area (Å²) in [5.41, 5.74) is 5.84. The second-order valence-electron chi connectivity index (χ2n) is 10.0. The van der Waals surface area contributed by atoms with Crippen LogP contribution in [0.2, 0.25) is 0 Å². The van der Waals surface area contributed by atoms with Crippen LogP contribution < -0.4 is 20.1 Å². The van der Waals surface area contributed by atoms with Crippen molar-refractivity contribution >= 4 is 17.4 Å². The molecular weight excluding hydrogens is 495 g/mol. The van der Waals surface area contributed by atoms with Crippen molar-refractivity contribution < 1.29 is 23.5 Å². The minimum atomic E-state index is -0.619. The SMILES string of the molecule is COc1ccc([C@@H]2CC(=O)C3=C(C2)NC(C)=C(C(=O)Nc2ccc(C)cc2)[C@@H]3c2ccc(F)cc2)cc1OC. The van der Waals surface area contributed by atoms with Gasteiger partial charge in [0.1, 0.15) is 5.82 Å². The topological polar surface area (TPSA) is 76.7 Å². The van der Waals surface area contributed by atoms with Gasteiger partial charge in [-0.05, 0) is 73.7 Å². The van der Waals surface area contributed by atoms with Gasteiger partial charge in [-0.2, -0.15) is 0 Å². The van der Waals surface area contributed by atoms with E-state index in [0.29, 0.717) is 46.0 Å². The number of hydrogen-bond donors (Lipinski definition) is 2. The van der Waals surface area contributed by atoms with E-state index in [2.05, 4.69) is 10.6 Å². The molecule has 200 valence electrons. The number of anilines is 1. The molecule has 0 saturated heterocycles. The van der Waals surface area contributed by atoms with Crippen molar-refractivity contribution in [1.29, 1.82) is 0 Å². The minimum absolute atomic E-state index is 0.0500. The van der Waals surface area contributed by atoms with E-state index in [9.17, 15) is 14.0 Å². The number of ether oxygens (including phenoxy) is 2. The van der Waals surface area contributed by atoms with E-state index in [4.69, 9.17) is 9.47 Å². The van der Waals surface area contributed by atoms with Crippen LogP contribution in [-0.2, 0) is 9.59 Å². The molecule has 6 nitrogen and oxygen atoms in total. The number of Topliss-reactive ketones (excluding diaryl/α,β-unsaturated/α-hetero) is 1. The molecule has 1 heterocycles. The molecule has 3 aromatic carbocycles. The highest BCUT2D eigenvalue weighted by molar-refractivity contribution is 6.10. The van der Waals surface area contributed by atoms with E-state index in [-0.39, 0.29) is 29.8 Å². The molecule has 0 unspecified atom stereocenters. The Labute approximate surface area is 227 Å². The molecule has 1 aliphatic heterocycles. The number of dihydropyridines is 1. The predicted molar refractivity (Wildman–Crippen MR) is 148 cm³/mol. The summed E-state index contributed by atoms with van der Waals surface area (Å²) in [6.45, 7) is 3.82. The third-order valence-electron chi connectivity index (χ3n) is 7.46. The van der Waals surface area contributed by atoms with Crippen LogP contribution in [0, 0.1) is 12.7 Å². The van der Waals surface area contributed by atoms with E-state index >= 15 is 0 Å². The van der Waals surface area contributed by atoms with Crippen LogP contribution in [0.25, 0.3) is 0 Å². The molecule has 1 aliphatic carbocycles. The monoisotopic (exact) mass is 526 g/mol. The molecule has 2 atom stereocenters. The maximum atomic E-state index is 13.9. The van der Waals surface area contributed by atoms with Gasteiger partial charge in [0.2, 0.25) is 0 Å². The Balaban J connectivity index is 1.53. The van der Waals surface area contributed by atoms with Crippen molar-refractivity contribution in [2.45, 2.75) is 38.5 Å². The lowest BCUT2D eigenvalue weighted by Crippen LogP contribution is -2.37. The number of hydrogen-bond acceptors (Lipinski definition) is 5. The average Bonchev–Trinajstić information content (AvgIpc) is 2.93. The molecule has 0 saturated carbocycles. The fourth-order valence-electron chi connectivity index (χ4n) is 5.51. The first-order valence-corrected chi connectivity index (χ1v) is 12.9. The predicted octanol–water partition coefficient (Wildman–Crippen LogP) is 6.15. The van der Waals surface area contributed by atoms with E-state index in [1.54, 1.807) is 26.4 Å². The minimum Gasteiger partial charge on any atom is -0.493 e. The number of allylic oxidation sites excluding steroid dienone is 3. The molecule has 0 aromatic heterocycles. The molecule has 2 aliphatic rings. The molecule has 0 spiro atoms. The third-order valence-corrected chi connectivity index (χ3v) is 7.46. The van der Waals surface area contributed by atoms with Crippen LogP contribution in [-0.4, -0.2) is 25.9 Å². The van der Waals surface area contributed by atoms with E-state index in [1.807, 2.05) is 56.3 Å². The fraction of sp³-hybridized carbons (Fsp3) is 0.250. The Morgan fingerprint density at radius 3 is 2.23 bits per heavy atom. The van der Waals surface area contributed by atoms with Gasteiger partial charge in [0.05, 0.1) is 14.2 Å². The van der Waals surface area contributed by atoms with Gasteiger partial charge in [0.15, 0.2) is 17.3 Å². The zero-order chi connectivity index (χ0) is 27.7. The van der Waals surface area contributed by atoms with Crippen LogP contribution in [0.3, 0.4) is 0 Å². The number of rotatable bonds is 6. The molecule has 7 heteroatoms. The van der Waals surface area contributed by atoms with E-state index in [1.165, 1.54) is 12.1 Å². The van der Waals surface area contributed by atoms with Crippen molar-refractivity contribution in [3.05, 3.63) is 112 Å². The van der Waals surface area contributed by atoms with Crippen LogP contribution >= 0.6 is 0 Å². The van der Waals surface area contributed by atoms with E-state index < -0.39 is 5.92 Å². The van der Waals surface area contributed by atoms with Crippen molar-refractivity contribution in [3.63, 3.8) is 0 Å². The van der Waals surface area contributed by atoms with Crippen LogP contribution in [0.4, 0.5) is 10.1 Å². The number of aryl methyl sites for hydroxylation is 1. The van der Waals surface area contributed by atoms with Crippen LogP contribution in [0.15, 0.2) is 89.3 Å². The summed E-state index contributed by atoms with van der Waals surface area (Å²) in [4.78, 5) is 27.5. The largest absolute Gasteiger partial charge is 0.493 e. The second kappa shape index (κ2) is 10.8. The summed E-state index contributed by atoms with van der Waals surface area (Å²) in [5, 5.41) is 6.36. The quantitative estimate of drug-likeness (QED) is 0.403. The third kappa shape index (κ3) is 5.17. The lowest BCUT2D eigenvalue weighted by atomic mass is 9.71. The Morgan fingerprint density at radius 1 is 0.897 bits per heavy atom. The number of ketones is 1. The second-order valence-corrected chi connectivity index (χ2v) is 10.0. The fourth-order valence-corrected chi connectivity index (χ4v) is 5.51. The standard InChI is InChI=1S/C32H31FN2O4/c1-18-5-12-24(13-6-18)35-32(37)29-19(2)34-25-15-22(21-9-14-27(38-3)28(17-21)39-4)16-26(36)31(25)30(29)20-7-10-23(33)11-8-20/h5-14,17,22,30,34H,15-16H2,1-4H3,(H,35,37)/t22-,30-/m0/s1. The number of benzene rings is 3. The van der Waals surface area contributed by atoms with Gasteiger partial charge in [-0.3, -0.25) is 9.59 Å². The highest BCUT2D eigenvalue weighted by Gasteiger charge is 2.41. The maximum Gasteiger partial charge on any atom is 0.254 e. The van der Waals surface area contributed by atoms with Gasteiger partial charge in [-0.15, -0.1) is 0 Å². The van der Waals surface area contributed by atoms with Crippen LogP contribution in [0.5, 0.6) is 11.5 Å². The van der Waals surface area contributed by atoms with Crippen LogP contribution in [0.1, 0.15) is 48.3 Å². The molecular formula is C32H31FN2O4. The Morgan fingerprint density at radius 2 is 1.56 bits per heavy atom. The summed E-state index contributed by atoms with van der Waals surface area (Å²) in [5.74, 6) is -0.200. The first-order valence-electron chi connectivity index (χ1n) is 12.9. The smallest absolute Gasteiger partial charge is 0.254 e. The number of nitrogens with one attached hydrogen (secondary N) is 2. The lowest BCUT2D eigenvalue weighted by molar-refractivity contribution is -0.116. The van der Waals surface area contributed by atoms with Gasteiger partial charge in [-0.25, -0.2) is 4.39 Å². The molecule has 0 fully saturated rings. The van der Waals surface area contributed by atoms with Crippen molar-refractivity contribution in [1.82, 2.24) is 5.32 Å². The van der Waals surface area contributed by atoms with Gasteiger partial charge in [0.25, 0.3) is 5.91 Å². The van der Waals surface area contributed by atoms with Gasteiger partial charge in [0, 0.05) is 40.6 Å². The number of halogens is 1. The normalized spacial score (nSPS) is 18.8. The Hall–Kier alpha value is -4.39. The van der Waals surface area contributed by atoms with Gasteiger partial charge in [-0.1, -0.05) is 35.9 Å². The Kier molecular flexibility index (Phi) is 7.24. The number of carbonyl (C=O) groups is 2. The summed E-state index contributed by atoms with van der Waals surface area (Å²) < 4.78 is 24.7. The molecule has 2 N–H and O–H groups in total. The first kappa shape index (κ1) is 26.2. The molecule has 0 bridgehead atoms. The molecule has 5 rings (SSSR count). The highest BCUT2D eigenvalue weighted by atomic mass is 19.1. The van der Waals surface area contributed by atoms with Crippen molar-refractivity contribution in [3.8, 4) is 11.5 Å². The van der Waals surface area contributed by atoms with Crippen molar-refractivity contribution in [2.75, 3.05) is 19.5 Å². The zero-order valence-electron chi connectivity index (χ0n) is 22.4. The van der Waals surface area contributed by atoms with Crippen molar-refractivity contribution in [2.24, 2.45) is 0 Å². The first-order chi connectivity index (χ1) is 18.8. The summed E-state index contributed by atoms with van der Waals surface area (Å²) >= 11 is 0. The molecule has 3 aromatic rings. The van der Waals surface area contributed by atoms with Gasteiger partial charge < -0.3 is 20.1 Å². The molecule has 1 amide bonds. The number of amides is 1. The molecule has 39 heavy (non-hydrogen) atoms. The van der Waals surface area contributed by atoms with E-state index in [0.717, 1.165) is 16.8 Å². The number of carbonyl (C=O) groups excluding carboxylic acids is 2. The highest BCUT2D eigenvalue weighted by Crippen LogP contribution is 2.46. The molecule has 0 radical (unpaired) electrons. The Bertz CT molecular complexity index is 1490. The summed E-state index contributed by atoms with van der Waals surface area (Å²) in [7, 11) is 3.17. The van der Waals surface area contributed by atoms with Gasteiger partial charge >= 0.3 is 0 Å². The maximum absolute atomic E-state index is 13.9. The summed E-state index contributed by atoms with van der Waals surface area (Å²) in [6.07, 6.45) is 0.859. The summed E-state index contributed by atoms with van der Waals surface area (Å²) in [6, 6.07) is 19.3.